The van der Waals surface area contributed by atoms with Gasteiger partial charge in [-0.3, -0.25) is 4.79 Å². The van der Waals surface area contributed by atoms with Crippen molar-refractivity contribution in [3.8, 4) is 5.75 Å². The van der Waals surface area contributed by atoms with Gasteiger partial charge in [0.1, 0.15) is 5.75 Å². The molecule has 0 aliphatic carbocycles. The van der Waals surface area contributed by atoms with Crippen LogP contribution in [0.5, 0.6) is 5.75 Å². The predicted octanol–water partition coefficient (Wildman–Crippen LogP) is 4.44. The average molecular weight is 443 g/mol. The van der Waals surface area contributed by atoms with Crippen LogP contribution in [0.25, 0.3) is 6.08 Å². The predicted molar refractivity (Wildman–Crippen MR) is 124 cm³/mol. The van der Waals surface area contributed by atoms with E-state index in [1.54, 1.807) is 6.08 Å². The monoisotopic (exact) mass is 442 g/mol. The highest BCUT2D eigenvalue weighted by atomic mass is 32.2. The van der Waals surface area contributed by atoms with E-state index in [0.29, 0.717) is 32.5 Å². The number of carbonyl (C=O) groups excluding carboxylic acids is 1. The van der Waals surface area contributed by atoms with Crippen molar-refractivity contribution in [1.82, 2.24) is 4.31 Å². The third kappa shape index (κ3) is 6.42. The lowest BCUT2D eigenvalue weighted by Gasteiger charge is -2.29. The Hall–Kier alpha value is -2.64. The van der Waals surface area contributed by atoms with Gasteiger partial charge in [-0.1, -0.05) is 37.3 Å². The van der Waals surface area contributed by atoms with Gasteiger partial charge in [0.25, 0.3) is 0 Å². The Bertz CT molecular complexity index is 1010. The van der Waals surface area contributed by atoms with Crippen LogP contribution in [-0.4, -0.2) is 38.3 Å². The van der Waals surface area contributed by atoms with Gasteiger partial charge in [-0.05, 0) is 61.6 Å². The lowest BCUT2D eigenvalue weighted by Crippen LogP contribution is -2.40. The number of rotatable bonds is 8. The molecule has 2 aromatic carbocycles. The first-order chi connectivity index (χ1) is 14.9. The highest BCUT2D eigenvalue weighted by Gasteiger charge is 2.30. The number of benzene rings is 2. The summed E-state index contributed by atoms with van der Waals surface area (Å²) in [5.74, 6) is 0.515. The lowest BCUT2D eigenvalue weighted by atomic mass is 9.97. The summed E-state index contributed by atoms with van der Waals surface area (Å²) in [6.07, 6.45) is 3.54. The third-order valence-electron chi connectivity index (χ3n) is 5.35. The van der Waals surface area contributed by atoms with Gasteiger partial charge in [0, 0.05) is 30.1 Å². The van der Waals surface area contributed by atoms with Crippen LogP contribution in [0.3, 0.4) is 0 Å². The van der Waals surface area contributed by atoms with Crippen molar-refractivity contribution in [3.05, 3.63) is 65.1 Å². The summed E-state index contributed by atoms with van der Waals surface area (Å²) in [6.45, 7) is 5.32. The molecule has 0 aromatic heterocycles. The normalized spacial score (nSPS) is 15.8. The number of ether oxygens (including phenoxy) is 1. The van der Waals surface area contributed by atoms with Crippen LogP contribution in [0, 0.1) is 12.8 Å². The molecule has 0 radical (unpaired) electrons. The van der Waals surface area contributed by atoms with Gasteiger partial charge in [0.15, 0.2) is 0 Å². The molecular formula is C24H30N2O4S. The summed E-state index contributed by atoms with van der Waals surface area (Å²) in [5.41, 5.74) is 2.53. The Morgan fingerprint density at radius 1 is 1.16 bits per heavy atom. The van der Waals surface area contributed by atoms with Crippen molar-refractivity contribution in [2.75, 3.05) is 25.0 Å². The molecule has 6 nitrogen and oxygen atoms in total. The van der Waals surface area contributed by atoms with E-state index < -0.39 is 10.0 Å². The van der Waals surface area contributed by atoms with E-state index in [1.165, 1.54) is 9.71 Å². The first-order valence-corrected chi connectivity index (χ1v) is 12.2. The number of hydrogen-bond acceptors (Lipinski definition) is 4. The van der Waals surface area contributed by atoms with E-state index in [9.17, 15) is 13.2 Å². The van der Waals surface area contributed by atoms with E-state index in [-0.39, 0.29) is 11.8 Å². The minimum absolute atomic E-state index is 0.0674. The van der Waals surface area contributed by atoms with E-state index >= 15 is 0 Å². The van der Waals surface area contributed by atoms with Gasteiger partial charge >= 0.3 is 0 Å². The first-order valence-electron chi connectivity index (χ1n) is 10.7. The number of piperidine rings is 1. The van der Waals surface area contributed by atoms with E-state index in [1.807, 2.05) is 55.5 Å². The Morgan fingerprint density at radius 3 is 2.52 bits per heavy atom. The van der Waals surface area contributed by atoms with Crippen molar-refractivity contribution in [3.63, 3.8) is 0 Å². The van der Waals surface area contributed by atoms with Crippen LogP contribution >= 0.6 is 0 Å². The van der Waals surface area contributed by atoms with Crippen LogP contribution in [0.4, 0.5) is 5.69 Å². The number of hydrogen-bond donors (Lipinski definition) is 1. The number of anilines is 1. The summed E-state index contributed by atoms with van der Waals surface area (Å²) < 4.78 is 32.3. The summed E-state index contributed by atoms with van der Waals surface area (Å²) in [5, 5.41) is 4.23. The molecule has 2 aromatic rings. The van der Waals surface area contributed by atoms with Gasteiger partial charge < -0.3 is 10.1 Å². The minimum atomic E-state index is -3.50. The fraction of sp³-hybridized carbons (Fsp3) is 0.375. The van der Waals surface area contributed by atoms with Crippen molar-refractivity contribution in [2.45, 2.75) is 33.1 Å². The molecule has 0 spiro atoms. The molecule has 0 atom stereocenters. The number of nitrogens with zero attached hydrogens (tertiary/aromatic N) is 1. The maximum absolute atomic E-state index is 12.7. The average Bonchev–Trinajstić information content (AvgIpc) is 2.78. The van der Waals surface area contributed by atoms with Gasteiger partial charge in [-0.2, -0.15) is 4.31 Å². The van der Waals surface area contributed by atoms with E-state index in [2.05, 4.69) is 12.2 Å². The highest BCUT2D eigenvalue weighted by Crippen LogP contribution is 2.25. The summed E-state index contributed by atoms with van der Waals surface area (Å²) in [6, 6.07) is 14.9. The lowest BCUT2D eigenvalue weighted by molar-refractivity contribution is -0.120. The standard InChI is InChI=1S/C24H30N2O4S/c1-3-16-30-22-9-10-23(19(2)18-22)25-24(27)21-11-14-26(15-12-21)31(28,29)17-13-20-7-5-4-6-8-20/h4-10,13,17-18,21H,3,11-12,14-16H2,1-2H3,(H,25,27). The quantitative estimate of drug-likeness (QED) is 0.656. The Balaban J connectivity index is 1.54. The van der Waals surface area contributed by atoms with E-state index in [0.717, 1.165) is 29.0 Å². The molecule has 0 unspecified atom stereocenters. The molecule has 3 rings (SSSR count). The second kappa shape index (κ2) is 10.6. The molecule has 1 fully saturated rings. The summed E-state index contributed by atoms with van der Waals surface area (Å²) in [7, 11) is -3.50. The molecule has 0 saturated carbocycles. The van der Waals surface area contributed by atoms with Crippen molar-refractivity contribution < 1.29 is 17.9 Å². The van der Waals surface area contributed by atoms with Crippen LogP contribution in [0.1, 0.15) is 37.3 Å². The summed E-state index contributed by atoms with van der Waals surface area (Å²) in [4.78, 5) is 12.7. The van der Waals surface area contributed by atoms with Crippen molar-refractivity contribution in [2.24, 2.45) is 5.92 Å². The van der Waals surface area contributed by atoms with Crippen LogP contribution < -0.4 is 10.1 Å². The summed E-state index contributed by atoms with van der Waals surface area (Å²) >= 11 is 0. The van der Waals surface area contributed by atoms with Crippen LogP contribution in [-0.2, 0) is 14.8 Å². The molecule has 1 aliphatic rings. The smallest absolute Gasteiger partial charge is 0.236 e. The van der Waals surface area contributed by atoms with Crippen molar-refractivity contribution >= 4 is 27.7 Å². The van der Waals surface area contributed by atoms with Crippen molar-refractivity contribution in [1.29, 1.82) is 0 Å². The molecule has 1 saturated heterocycles. The van der Waals surface area contributed by atoms with Gasteiger partial charge in [0.05, 0.1) is 6.61 Å². The molecule has 7 heteroatoms. The number of nitrogens with one attached hydrogen (secondary N) is 1. The second-order valence-corrected chi connectivity index (χ2v) is 9.56. The fourth-order valence-electron chi connectivity index (χ4n) is 3.51. The highest BCUT2D eigenvalue weighted by molar-refractivity contribution is 7.92. The maximum atomic E-state index is 12.7. The van der Waals surface area contributed by atoms with Gasteiger partial charge in [0.2, 0.25) is 15.9 Å². The number of carbonyl (C=O) groups is 1. The number of aryl methyl sites for hydroxylation is 1. The molecule has 1 N–H and O–H groups in total. The third-order valence-corrected chi connectivity index (χ3v) is 6.91. The molecular weight excluding hydrogens is 412 g/mol. The fourth-order valence-corrected chi connectivity index (χ4v) is 4.73. The largest absolute Gasteiger partial charge is 0.494 e. The topological polar surface area (TPSA) is 75.7 Å². The van der Waals surface area contributed by atoms with Crippen LogP contribution in [0.15, 0.2) is 53.9 Å². The first kappa shape index (κ1) is 23.0. The maximum Gasteiger partial charge on any atom is 0.236 e. The minimum Gasteiger partial charge on any atom is -0.494 e. The molecule has 1 amide bonds. The van der Waals surface area contributed by atoms with E-state index in [4.69, 9.17) is 4.74 Å². The zero-order valence-electron chi connectivity index (χ0n) is 18.1. The molecule has 0 bridgehead atoms. The zero-order chi connectivity index (χ0) is 22.3. The Morgan fingerprint density at radius 2 is 1.87 bits per heavy atom. The Labute approximate surface area is 185 Å². The molecule has 31 heavy (non-hydrogen) atoms. The number of amides is 1. The Kier molecular flexibility index (Phi) is 7.87. The van der Waals surface area contributed by atoms with Crippen LogP contribution in [0.2, 0.25) is 0 Å². The van der Waals surface area contributed by atoms with Gasteiger partial charge in [-0.25, -0.2) is 8.42 Å². The number of sulfonamides is 1. The zero-order valence-corrected chi connectivity index (χ0v) is 18.9. The van der Waals surface area contributed by atoms with Gasteiger partial charge in [-0.15, -0.1) is 0 Å². The second-order valence-electron chi connectivity index (χ2n) is 7.75. The molecule has 1 heterocycles. The molecule has 1 aliphatic heterocycles. The molecule has 166 valence electrons. The SMILES string of the molecule is CCCOc1ccc(NC(=O)C2CCN(S(=O)(=O)C=Cc3ccccc3)CC2)c(C)c1.